The molecule has 0 atom stereocenters. The first-order valence-electron chi connectivity index (χ1n) is 8.02. The van der Waals surface area contributed by atoms with E-state index in [1.807, 2.05) is 0 Å². The number of carbonyl (C=O) groups is 2. The molecule has 1 heterocycles. The van der Waals surface area contributed by atoms with E-state index < -0.39 is 34.6 Å². The maximum Gasteiger partial charge on any atom is 0.376 e. The highest BCUT2D eigenvalue weighted by Gasteiger charge is 2.17. The van der Waals surface area contributed by atoms with Gasteiger partial charge < -0.3 is 14.8 Å². The van der Waals surface area contributed by atoms with Crippen molar-refractivity contribution in [3.05, 3.63) is 87.7 Å². The molecule has 0 unspecified atom stereocenters. The van der Waals surface area contributed by atoms with Crippen molar-refractivity contribution in [2.24, 2.45) is 0 Å². The number of nitrogens with zero attached hydrogens (tertiary/aromatic N) is 1. The van der Waals surface area contributed by atoms with E-state index in [2.05, 4.69) is 0 Å². The Morgan fingerprint density at radius 3 is 2.36 bits per heavy atom. The number of hydrogen-bond donors (Lipinski definition) is 2. The van der Waals surface area contributed by atoms with E-state index in [4.69, 9.17) is 5.11 Å². The normalized spacial score (nSPS) is 11.6. The van der Waals surface area contributed by atoms with Crippen molar-refractivity contribution in [2.75, 3.05) is 0 Å². The summed E-state index contributed by atoms with van der Waals surface area (Å²) < 4.78 is 28.9. The van der Waals surface area contributed by atoms with Crippen LogP contribution >= 0.6 is 0 Å². The summed E-state index contributed by atoms with van der Waals surface area (Å²) in [4.78, 5) is 34.6. The Hall–Kier alpha value is -3.81. The van der Waals surface area contributed by atoms with Crippen LogP contribution in [0, 0.1) is 11.6 Å². The SMILES string of the molecule is O=C(O)C(=O)/C=C(\O)c1cn(Cc2ccc(F)cc2)c2c(F)cccc2c1=O. The zero-order valence-corrected chi connectivity index (χ0v) is 14.2. The average Bonchev–Trinajstić information content (AvgIpc) is 2.65. The molecule has 0 aliphatic rings. The van der Waals surface area contributed by atoms with Crippen molar-refractivity contribution in [1.82, 2.24) is 4.57 Å². The molecule has 2 N–H and O–H groups in total. The van der Waals surface area contributed by atoms with Crippen LogP contribution in [0.1, 0.15) is 11.1 Å². The quantitative estimate of drug-likeness (QED) is 0.400. The van der Waals surface area contributed by atoms with E-state index in [1.165, 1.54) is 41.0 Å². The lowest BCUT2D eigenvalue weighted by Gasteiger charge is -2.14. The average molecular weight is 385 g/mol. The van der Waals surface area contributed by atoms with Gasteiger partial charge in [-0.2, -0.15) is 0 Å². The maximum absolute atomic E-state index is 14.4. The van der Waals surface area contributed by atoms with E-state index in [9.17, 15) is 28.3 Å². The lowest BCUT2D eigenvalue weighted by molar-refractivity contribution is -0.146. The molecule has 0 aliphatic carbocycles. The lowest BCUT2D eigenvalue weighted by atomic mass is 10.1. The summed E-state index contributed by atoms with van der Waals surface area (Å²) in [7, 11) is 0. The van der Waals surface area contributed by atoms with E-state index in [1.54, 1.807) is 0 Å². The zero-order valence-electron chi connectivity index (χ0n) is 14.2. The third-order valence-electron chi connectivity index (χ3n) is 4.07. The van der Waals surface area contributed by atoms with Crippen molar-refractivity contribution in [3.8, 4) is 0 Å². The zero-order chi connectivity index (χ0) is 20.4. The highest BCUT2D eigenvalue weighted by atomic mass is 19.1. The number of aromatic nitrogens is 1. The molecule has 0 fully saturated rings. The first kappa shape index (κ1) is 19.0. The van der Waals surface area contributed by atoms with Crippen molar-refractivity contribution in [2.45, 2.75) is 6.54 Å². The van der Waals surface area contributed by atoms with Gasteiger partial charge >= 0.3 is 5.97 Å². The molecule has 0 aliphatic heterocycles. The topological polar surface area (TPSA) is 96.6 Å². The number of carboxylic acid groups (broad SMARTS) is 1. The van der Waals surface area contributed by atoms with Gasteiger partial charge in [0.15, 0.2) is 5.43 Å². The van der Waals surface area contributed by atoms with Gasteiger partial charge in [0, 0.05) is 24.2 Å². The molecule has 3 rings (SSSR count). The highest BCUT2D eigenvalue weighted by Crippen LogP contribution is 2.20. The summed E-state index contributed by atoms with van der Waals surface area (Å²) in [6.45, 7) is 0.0329. The van der Waals surface area contributed by atoms with E-state index in [-0.39, 0.29) is 23.0 Å². The number of rotatable bonds is 5. The van der Waals surface area contributed by atoms with Crippen molar-refractivity contribution in [3.63, 3.8) is 0 Å². The van der Waals surface area contributed by atoms with Crippen LogP contribution in [0.3, 0.4) is 0 Å². The Kier molecular flexibility index (Phi) is 5.04. The van der Waals surface area contributed by atoms with Gasteiger partial charge in [0.05, 0.1) is 11.1 Å². The smallest absolute Gasteiger partial charge is 0.376 e. The number of carboxylic acids is 1. The fourth-order valence-corrected chi connectivity index (χ4v) is 2.77. The van der Waals surface area contributed by atoms with Crippen LogP contribution in [0.5, 0.6) is 0 Å². The van der Waals surface area contributed by atoms with Crippen molar-refractivity contribution in [1.29, 1.82) is 0 Å². The second-order valence-electron chi connectivity index (χ2n) is 5.96. The summed E-state index contributed by atoms with van der Waals surface area (Å²) in [5.41, 5.74) is -0.588. The number of hydrogen-bond acceptors (Lipinski definition) is 4. The second kappa shape index (κ2) is 7.43. The number of ketones is 1. The van der Waals surface area contributed by atoms with Gasteiger partial charge in [-0.25, -0.2) is 13.6 Å². The Morgan fingerprint density at radius 1 is 1.04 bits per heavy atom. The number of fused-ring (bicyclic) bond motifs is 1. The molecule has 0 saturated heterocycles. The number of carbonyl (C=O) groups excluding carboxylic acids is 1. The van der Waals surface area contributed by atoms with Gasteiger partial charge in [-0.3, -0.25) is 9.59 Å². The number of para-hydroxylation sites is 1. The molecule has 8 heteroatoms. The number of aliphatic hydroxyl groups is 1. The second-order valence-corrected chi connectivity index (χ2v) is 5.96. The first-order valence-corrected chi connectivity index (χ1v) is 8.02. The van der Waals surface area contributed by atoms with Crippen LogP contribution < -0.4 is 5.43 Å². The van der Waals surface area contributed by atoms with Gasteiger partial charge in [-0.1, -0.05) is 18.2 Å². The molecular weight excluding hydrogens is 372 g/mol. The number of aliphatic carboxylic acids is 1. The summed E-state index contributed by atoms with van der Waals surface area (Å²) in [6.07, 6.45) is 1.53. The number of aliphatic hydroxyl groups excluding tert-OH is 1. The molecule has 2 aromatic carbocycles. The number of pyridine rings is 1. The van der Waals surface area contributed by atoms with Crippen LogP contribution in [0.25, 0.3) is 16.7 Å². The third kappa shape index (κ3) is 3.66. The largest absolute Gasteiger partial charge is 0.507 e. The predicted octanol–water partition coefficient (Wildman–Crippen LogP) is 2.88. The van der Waals surface area contributed by atoms with Gasteiger partial charge in [-0.05, 0) is 29.8 Å². The van der Waals surface area contributed by atoms with E-state index in [0.29, 0.717) is 11.6 Å². The van der Waals surface area contributed by atoms with E-state index in [0.717, 1.165) is 12.3 Å². The van der Waals surface area contributed by atoms with Gasteiger partial charge in [0.25, 0.3) is 5.78 Å². The predicted molar refractivity (Wildman–Crippen MR) is 96.9 cm³/mol. The summed E-state index contributed by atoms with van der Waals surface area (Å²) in [6, 6.07) is 9.21. The summed E-state index contributed by atoms with van der Waals surface area (Å²) in [5.74, 6) is -5.20. The molecule has 0 amide bonds. The van der Waals surface area contributed by atoms with Crippen LogP contribution in [0.15, 0.2) is 59.5 Å². The molecule has 1 aromatic heterocycles. The van der Waals surface area contributed by atoms with Crippen molar-refractivity contribution >= 4 is 28.4 Å². The molecule has 6 nitrogen and oxygen atoms in total. The first-order chi connectivity index (χ1) is 13.3. The molecule has 0 spiro atoms. The molecular formula is C20H13F2NO5. The third-order valence-corrected chi connectivity index (χ3v) is 4.07. The Balaban J connectivity index is 2.23. The molecule has 142 valence electrons. The van der Waals surface area contributed by atoms with Crippen LogP contribution in [-0.4, -0.2) is 26.5 Å². The fourth-order valence-electron chi connectivity index (χ4n) is 2.77. The van der Waals surface area contributed by atoms with Gasteiger partial charge in [0.1, 0.15) is 17.4 Å². The van der Waals surface area contributed by atoms with Gasteiger partial charge in [0.2, 0.25) is 0 Å². The number of benzene rings is 2. The monoisotopic (exact) mass is 385 g/mol. The van der Waals surface area contributed by atoms with Gasteiger partial charge in [-0.15, -0.1) is 0 Å². The van der Waals surface area contributed by atoms with Crippen molar-refractivity contribution < 1.29 is 28.6 Å². The summed E-state index contributed by atoms with van der Waals surface area (Å²) >= 11 is 0. The summed E-state index contributed by atoms with van der Waals surface area (Å²) in [5, 5.41) is 18.7. The maximum atomic E-state index is 14.4. The Morgan fingerprint density at radius 2 is 1.71 bits per heavy atom. The fraction of sp³-hybridized carbons (Fsp3) is 0.0500. The lowest BCUT2D eigenvalue weighted by Crippen LogP contribution is -2.17. The molecule has 0 saturated carbocycles. The highest BCUT2D eigenvalue weighted by molar-refractivity contribution is 6.38. The number of halogens is 2. The molecule has 0 bridgehead atoms. The minimum Gasteiger partial charge on any atom is -0.507 e. The van der Waals surface area contributed by atoms with Crippen LogP contribution in [-0.2, 0) is 16.1 Å². The minimum atomic E-state index is -1.80. The van der Waals surface area contributed by atoms with Crippen LogP contribution in [0.4, 0.5) is 8.78 Å². The molecule has 28 heavy (non-hydrogen) atoms. The van der Waals surface area contributed by atoms with Crippen LogP contribution in [0.2, 0.25) is 0 Å². The minimum absolute atomic E-state index is 0.0329. The Labute approximate surface area is 156 Å². The molecule has 3 aromatic rings. The standard InChI is InChI=1S/C20H13F2NO5/c21-12-6-4-11(5-7-12)9-23-10-14(16(24)8-17(25)20(27)28)19(26)13-2-1-3-15(22)18(13)23/h1-8,10,24H,9H2,(H,27,28)/b16-8-. The van der Waals surface area contributed by atoms with E-state index >= 15 is 0 Å². The molecule has 0 radical (unpaired) electrons. The Bertz CT molecular complexity index is 1180.